The van der Waals surface area contributed by atoms with Crippen LogP contribution >= 0.6 is 0 Å². The summed E-state index contributed by atoms with van der Waals surface area (Å²) < 4.78 is 6.69. The lowest BCUT2D eigenvalue weighted by Crippen LogP contribution is -2.28. The van der Waals surface area contributed by atoms with E-state index in [1.165, 1.54) is 38.9 Å². The van der Waals surface area contributed by atoms with Crippen LogP contribution in [0.2, 0.25) is 0 Å². The van der Waals surface area contributed by atoms with Gasteiger partial charge in [-0.3, -0.25) is 0 Å². The Morgan fingerprint density at radius 3 is 1.65 bits per heavy atom. The van der Waals surface area contributed by atoms with Crippen molar-refractivity contribution in [1.29, 1.82) is 0 Å². The van der Waals surface area contributed by atoms with Gasteiger partial charge in [0, 0.05) is 27.5 Å². The lowest BCUT2D eigenvalue weighted by atomic mass is 9.67. The van der Waals surface area contributed by atoms with Crippen LogP contribution in [0.3, 0.4) is 0 Å². The molecule has 0 saturated carbocycles. The van der Waals surface area contributed by atoms with Gasteiger partial charge in [-0.15, -0.1) is 0 Å². The van der Waals surface area contributed by atoms with E-state index in [9.17, 15) is 0 Å². The van der Waals surface area contributed by atoms with Crippen LogP contribution in [0.5, 0.6) is 0 Å². The van der Waals surface area contributed by atoms with Gasteiger partial charge < -0.3 is 4.42 Å². The molecule has 1 aliphatic carbocycles. The maximum atomic E-state index is 6.69. The Morgan fingerprint density at radius 1 is 0.333 bits per heavy atom. The molecule has 0 fully saturated rings. The number of aromatic nitrogens is 2. The van der Waals surface area contributed by atoms with Crippen molar-refractivity contribution in [2.75, 3.05) is 0 Å². The van der Waals surface area contributed by atoms with Crippen LogP contribution < -0.4 is 0 Å². The van der Waals surface area contributed by atoms with Crippen molar-refractivity contribution < 1.29 is 4.42 Å². The number of benzene rings is 9. The van der Waals surface area contributed by atoms with Gasteiger partial charge in [-0.05, 0) is 85.6 Å². The number of hydrogen-bond donors (Lipinski definition) is 0. The zero-order valence-electron chi connectivity index (χ0n) is 32.6. The van der Waals surface area contributed by atoms with Crippen LogP contribution in [0.25, 0.3) is 88.9 Å². The predicted molar refractivity (Wildman–Crippen MR) is 246 cm³/mol. The molecule has 1 aliphatic rings. The number of fused-ring (bicyclic) bond motifs is 8. The van der Waals surface area contributed by atoms with Crippen LogP contribution in [-0.4, -0.2) is 9.97 Å². The summed E-state index contributed by atoms with van der Waals surface area (Å²) in [6.07, 6.45) is 0. The normalized spacial score (nSPS) is 12.8. The summed E-state index contributed by atoms with van der Waals surface area (Å²) in [5, 5.41) is 4.44. The Hall–Kier alpha value is -7.88. The van der Waals surface area contributed by atoms with Crippen molar-refractivity contribution in [2.45, 2.75) is 5.41 Å². The molecule has 0 atom stereocenters. The number of furan rings is 1. The lowest BCUT2D eigenvalue weighted by molar-refractivity contribution is 0.669. The molecule has 0 unspecified atom stereocenters. The molecule has 0 aliphatic heterocycles. The quantitative estimate of drug-likeness (QED) is 0.169. The second kappa shape index (κ2) is 13.6. The molecule has 2 aromatic heterocycles. The molecule has 0 radical (unpaired) electrons. The van der Waals surface area contributed by atoms with E-state index in [1.54, 1.807) is 0 Å². The fraction of sp³-hybridized carbons (Fsp3) is 0.0175. The third-order valence-electron chi connectivity index (χ3n) is 12.4. The monoisotopic (exact) mass is 764 g/mol. The topological polar surface area (TPSA) is 38.9 Å². The summed E-state index contributed by atoms with van der Waals surface area (Å²) in [6, 6.07) is 77.9. The van der Waals surface area contributed by atoms with E-state index in [2.05, 4.69) is 200 Å². The second-order valence-electron chi connectivity index (χ2n) is 15.6. The number of nitrogens with zero attached hydrogens (tertiary/aromatic N) is 2. The first-order valence-corrected chi connectivity index (χ1v) is 20.5. The van der Waals surface area contributed by atoms with E-state index in [4.69, 9.17) is 14.4 Å². The van der Waals surface area contributed by atoms with Crippen LogP contribution in [0, 0.1) is 0 Å². The Bertz CT molecular complexity index is 3370. The van der Waals surface area contributed by atoms with Gasteiger partial charge in [0.25, 0.3) is 0 Å². The summed E-state index contributed by atoms with van der Waals surface area (Å²) in [6.45, 7) is 0. The minimum atomic E-state index is -0.522. The zero-order valence-corrected chi connectivity index (χ0v) is 32.6. The largest absolute Gasteiger partial charge is 0.456 e. The molecule has 11 aromatic rings. The first-order valence-electron chi connectivity index (χ1n) is 20.5. The minimum Gasteiger partial charge on any atom is -0.456 e. The average Bonchev–Trinajstić information content (AvgIpc) is 3.85. The third-order valence-corrected chi connectivity index (χ3v) is 12.4. The van der Waals surface area contributed by atoms with E-state index in [1.807, 2.05) is 18.2 Å². The molecule has 0 N–H and O–H groups in total. The Morgan fingerprint density at radius 2 is 0.917 bits per heavy atom. The first kappa shape index (κ1) is 34.2. The standard InChI is InChI=1S/C57H36N2O/c1-5-17-37(18-6-1)39-30-32-53-48(33-39)55-46-27-14-13-25-43(46)47(35-54(55)60-53)52-36-51(58-56(59-52)38-19-7-2-8-20-38)40-29-31-45-44-26-15-16-28-49(44)57(50(45)34-40,41-21-9-3-10-22-41)42-23-11-4-12-24-42/h1-36H. The summed E-state index contributed by atoms with van der Waals surface area (Å²) in [5.41, 5.74) is 15.7. The maximum Gasteiger partial charge on any atom is 0.160 e. The van der Waals surface area contributed by atoms with Crippen molar-refractivity contribution in [2.24, 2.45) is 0 Å². The molecule has 0 saturated heterocycles. The molecule has 9 aromatic carbocycles. The predicted octanol–water partition coefficient (Wildman–Crippen LogP) is 14.6. The molecule has 0 amide bonds. The van der Waals surface area contributed by atoms with Crippen LogP contribution in [0.15, 0.2) is 223 Å². The molecule has 0 spiro atoms. The molecule has 2 heterocycles. The summed E-state index contributed by atoms with van der Waals surface area (Å²) in [7, 11) is 0. The second-order valence-corrected chi connectivity index (χ2v) is 15.6. The van der Waals surface area contributed by atoms with Crippen LogP contribution in [0.1, 0.15) is 22.3 Å². The highest BCUT2D eigenvalue weighted by Crippen LogP contribution is 2.56. The Labute approximate surface area is 347 Å². The fourth-order valence-corrected chi connectivity index (χ4v) is 9.72. The van der Waals surface area contributed by atoms with E-state index in [0.717, 1.165) is 66.4 Å². The maximum absolute atomic E-state index is 6.69. The lowest BCUT2D eigenvalue weighted by Gasteiger charge is -2.34. The van der Waals surface area contributed by atoms with Crippen LogP contribution in [0.4, 0.5) is 0 Å². The van der Waals surface area contributed by atoms with Gasteiger partial charge in [0.2, 0.25) is 0 Å². The van der Waals surface area contributed by atoms with Gasteiger partial charge >= 0.3 is 0 Å². The van der Waals surface area contributed by atoms with Crippen molar-refractivity contribution in [1.82, 2.24) is 9.97 Å². The molecular weight excluding hydrogens is 729 g/mol. The van der Waals surface area contributed by atoms with Gasteiger partial charge in [0.1, 0.15) is 11.2 Å². The van der Waals surface area contributed by atoms with E-state index in [0.29, 0.717) is 5.82 Å². The van der Waals surface area contributed by atoms with Gasteiger partial charge in [0.05, 0.1) is 16.8 Å². The SMILES string of the molecule is c1ccc(-c2ccc3oc4cc(-c5cc(-c6ccc7c(c6)C(c6ccccc6)(c6ccccc6)c6ccccc6-7)nc(-c6ccccc6)n5)c5ccccc5c4c3c2)cc1. The van der Waals surface area contributed by atoms with Gasteiger partial charge in [-0.2, -0.15) is 0 Å². The first-order chi connectivity index (χ1) is 29.7. The summed E-state index contributed by atoms with van der Waals surface area (Å²) in [4.78, 5) is 10.7. The highest BCUT2D eigenvalue weighted by molar-refractivity contribution is 6.22. The van der Waals surface area contributed by atoms with E-state index in [-0.39, 0.29) is 0 Å². The summed E-state index contributed by atoms with van der Waals surface area (Å²) in [5.74, 6) is 0.672. The Balaban J connectivity index is 1.10. The molecular formula is C57H36N2O. The van der Waals surface area contributed by atoms with Crippen molar-refractivity contribution >= 4 is 32.7 Å². The van der Waals surface area contributed by atoms with Gasteiger partial charge in [-0.1, -0.05) is 188 Å². The number of rotatable bonds is 6. The molecule has 280 valence electrons. The van der Waals surface area contributed by atoms with Crippen molar-refractivity contribution in [3.8, 4) is 56.2 Å². The molecule has 3 nitrogen and oxygen atoms in total. The van der Waals surface area contributed by atoms with Gasteiger partial charge in [-0.25, -0.2) is 9.97 Å². The van der Waals surface area contributed by atoms with Gasteiger partial charge in [0.15, 0.2) is 5.82 Å². The van der Waals surface area contributed by atoms with E-state index >= 15 is 0 Å². The average molecular weight is 765 g/mol. The van der Waals surface area contributed by atoms with E-state index < -0.39 is 5.41 Å². The fourth-order valence-electron chi connectivity index (χ4n) is 9.72. The van der Waals surface area contributed by atoms with Crippen molar-refractivity contribution in [3.63, 3.8) is 0 Å². The molecule has 12 rings (SSSR count). The minimum absolute atomic E-state index is 0.522. The van der Waals surface area contributed by atoms with Crippen LogP contribution in [-0.2, 0) is 5.41 Å². The smallest absolute Gasteiger partial charge is 0.160 e. The zero-order chi connectivity index (χ0) is 39.6. The molecule has 0 bridgehead atoms. The summed E-state index contributed by atoms with van der Waals surface area (Å²) >= 11 is 0. The number of hydrogen-bond acceptors (Lipinski definition) is 3. The Kier molecular flexibility index (Phi) is 7.76. The third kappa shape index (κ3) is 5.23. The molecule has 3 heteroatoms. The highest BCUT2D eigenvalue weighted by Gasteiger charge is 2.46. The highest BCUT2D eigenvalue weighted by atomic mass is 16.3. The molecule has 60 heavy (non-hydrogen) atoms. The van der Waals surface area contributed by atoms with Crippen molar-refractivity contribution in [3.05, 3.63) is 241 Å².